The Balaban J connectivity index is 0.000000577. The molecule has 1 heterocycles. The lowest BCUT2D eigenvalue weighted by Crippen LogP contribution is -2.49. The lowest BCUT2D eigenvalue weighted by Gasteiger charge is -2.38. The summed E-state index contributed by atoms with van der Waals surface area (Å²) in [6.45, 7) is 7.45. The van der Waals surface area contributed by atoms with Crippen molar-refractivity contribution in [1.29, 1.82) is 0 Å². The molecule has 0 spiro atoms. The van der Waals surface area contributed by atoms with E-state index >= 15 is 0 Å². The molecule has 0 radical (unpaired) electrons. The third kappa shape index (κ3) is 5.72. The van der Waals surface area contributed by atoms with Gasteiger partial charge in [0.1, 0.15) is 10.8 Å². The van der Waals surface area contributed by atoms with E-state index < -0.39 is 36.5 Å². The van der Waals surface area contributed by atoms with E-state index in [1.165, 1.54) is 12.8 Å². The molecule has 2 rings (SSSR count). The number of hydrogen-bond acceptors (Lipinski definition) is 3. The summed E-state index contributed by atoms with van der Waals surface area (Å²) in [6.07, 6.45) is -2.29. The Bertz CT molecular complexity index is 627. The quantitative estimate of drug-likeness (QED) is 0.268. The molecule has 1 fully saturated rings. The second kappa shape index (κ2) is 8.64. The van der Waals surface area contributed by atoms with Crippen LogP contribution in [-0.4, -0.2) is 27.7 Å². The van der Waals surface area contributed by atoms with Gasteiger partial charge < -0.3 is 14.9 Å². The van der Waals surface area contributed by atoms with Crippen LogP contribution in [0, 0.1) is 5.82 Å². The summed E-state index contributed by atoms with van der Waals surface area (Å²) in [4.78, 5) is 0. The molecule has 2 N–H and O–H groups in total. The van der Waals surface area contributed by atoms with E-state index in [2.05, 4.69) is 0 Å². The molecule has 0 bridgehead atoms. The van der Waals surface area contributed by atoms with Gasteiger partial charge in [-0.15, -0.1) is 0 Å². The lowest BCUT2D eigenvalue weighted by atomic mass is 9.94. The van der Waals surface area contributed by atoms with Crippen LogP contribution in [0.2, 0.25) is 29.7 Å². The van der Waals surface area contributed by atoms with E-state index in [0.29, 0.717) is 0 Å². The van der Waals surface area contributed by atoms with Gasteiger partial charge in [-0.1, -0.05) is 23.2 Å². The van der Waals surface area contributed by atoms with Crippen molar-refractivity contribution in [3.8, 4) is 0 Å². The van der Waals surface area contributed by atoms with Crippen LogP contribution in [0.25, 0.3) is 0 Å². The SMILES string of the molecule is C1CCOC1.CC(O[Si](C)(C)C)(c1cc(Cl)c(N)c(Cl)c1F)C(F)(F)F. The zero-order valence-electron chi connectivity index (χ0n) is 15.1. The van der Waals surface area contributed by atoms with E-state index in [4.69, 9.17) is 38.1 Å². The van der Waals surface area contributed by atoms with Crippen LogP contribution < -0.4 is 5.73 Å². The molecule has 1 aliphatic rings. The number of ether oxygens (including phenoxy) is 1. The molecule has 26 heavy (non-hydrogen) atoms. The van der Waals surface area contributed by atoms with Crippen LogP contribution in [-0.2, 0) is 14.8 Å². The Labute approximate surface area is 161 Å². The smallest absolute Gasteiger partial charge is 0.401 e. The molecule has 1 aromatic rings. The van der Waals surface area contributed by atoms with Crippen molar-refractivity contribution in [1.82, 2.24) is 0 Å². The number of nitrogen functional groups attached to an aromatic ring is 1. The Morgan fingerprint density at radius 3 is 2.00 bits per heavy atom. The Morgan fingerprint density at radius 1 is 1.15 bits per heavy atom. The molecule has 1 atom stereocenters. The van der Waals surface area contributed by atoms with Crippen molar-refractivity contribution < 1.29 is 26.7 Å². The van der Waals surface area contributed by atoms with Crippen LogP contribution in [0.15, 0.2) is 6.07 Å². The molecule has 1 unspecified atom stereocenters. The van der Waals surface area contributed by atoms with E-state index in [1.807, 2.05) is 0 Å². The van der Waals surface area contributed by atoms with Crippen molar-refractivity contribution in [3.63, 3.8) is 0 Å². The normalized spacial score (nSPS) is 17.5. The third-order valence-electron chi connectivity index (χ3n) is 3.59. The van der Waals surface area contributed by atoms with Gasteiger partial charge in [-0.25, -0.2) is 4.39 Å². The highest BCUT2D eigenvalue weighted by Gasteiger charge is 2.57. The molecule has 0 aliphatic carbocycles. The number of alkyl halides is 3. The van der Waals surface area contributed by atoms with E-state index in [1.54, 1.807) is 19.6 Å². The van der Waals surface area contributed by atoms with Crippen molar-refractivity contribution in [2.45, 2.75) is 51.2 Å². The molecular weight excluding hydrogens is 413 g/mol. The Morgan fingerprint density at radius 2 is 1.65 bits per heavy atom. The van der Waals surface area contributed by atoms with Gasteiger partial charge >= 0.3 is 6.18 Å². The highest BCUT2D eigenvalue weighted by molar-refractivity contribution is 6.69. The van der Waals surface area contributed by atoms with Crippen molar-refractivity contribution >= 4 is 37.2 Å². The summed E-state index contributed by atoms with van der Waals surface area (Å²) < 4.78 is 64.8. The molecule has 1 saturated heterocycles. The predicted molar refractivity (Wildman–Crippen MR) is 98.7 cm³/mol. The summed E-state index contributed by atoms with van der Waals surface area (Å²) in [7, 11) is -2.66. The van der Waals surface area contributed by atoms with E-state index in [-0.39, 0.29) is 10.7 Å². The largest absolute Gasteiger partial charge is 0.420 e. The zero-order valence-corrected chi connectivity index (χ0v) is 17.6. The molecule has 150 valence electrons. The highest BCUT2D eigenvalue weighted by atomic mass is 35.5. The molecule has 1 aromatic carbocycles. The Kier molecular flexibility index (Phi) is 7.81. The van der Waals surface area contributed by atoms with Crippen LogP contribution in [0.4, 0.5) is 23.2 Å². The minimum Gasteiger partial charge on any atom is -0.401 e. The first kappa shape index (κ1) is 23.5. The first-order chi connectivity index (χ1) is 11.7. The summed E-state index contributed by atoms with van der Waals surface area (Å²) in [6, 6.07) is 0.811. The molecule has 3 nitrogen and oxygen atoms in total. The maximum absolute atomic E-state index is 14.2. The topological polar surface area (TPSA) is 44.5 Å². The van der Waals surface area contributed by atoms with Crippen molar-refractivity contribution in [2.75, 3.05) is 18.9 Å². The molecule has 1 aliphatic heterocycles. The first-order valence-electron chi connectivity index (χ1n) is 7.99. The number of halogens is 6. The van der Waals surface area contributed by atoms with E-state index in [9.17, 15) is 17.6 Å². The molecular formula is C16H23Cl2F4NO2Si. The fourth-order valence-corrected chi connectivity index (χ4v) is 4.25. The minimum atomic E-state index is -4.85. The zero-order chi connectivity index (χ0) is 20.3. The van der Waals surface area contributed by atoms with Gasteiger partial charge in [-0.3, -0.25) is 0 Å². The van der Waals surface area contributed by atoms with Gasteiger partial charge in [0.2, 0.25) is 0 Å². The van der Waals surface area contributed by atoms with Crippen molar-refractivity contribution in [3.05, 3.63) is 27.5 Å². The molecule has 0 aromatic heterocycles. The lowest BCUT2D eigenvalue weighted by molar-refractivity contribution is -0.251. The van der Waals surface area contributed by atoms with Gasteiger partial charge in [0, 0.05) is 18.8 Å². The average Bonchev–Trinajstić information content (AvgIpc) is 3.05. The van der Waals surface area contributed by atoms with Crippen LogP contribution >= 0.6 is 23.2 Å². The first-order valence-corrected chi connectivity index (χ1v) is 12.1. The second-order valence-corrected chi connectivity index (χ2v) is 12.2. The predicted octanol–water partition coefficient (Wildman–Crippen LogP) is 6.14. The standard InChI is InChI=1S/C12H15Cl2F4NOSi.C4H8O/c1-11(12(16,17)18,20-21(2,3)4)6-5-7(13)10(19)8(14)9(6)15;1-2-4-5-3-1/h5H,19H2,1-4H3;1-4H2. The maximum Gasteiger partial charge on any atom is 0.420 e. The third-order valence-corrected chi connectivity index (χ3v) is 5.29. The van der Waals surface area contributed by atoms with Gasteiger partial charge in [-0.2, -0.15) is 13.2 Å². The van der Waals surface area contributed by atoms with Crippen LogP contribution in [0.5, 0.6) is 0 Å². The average molecular weight is 436 g/mol. The van der Waals surface area contributed by atoms with Crippen LogP contribution in [0.1, 0.15) is 25.3 Å². The Hall–Kier alpha value is -0.543. The number of hydrogen-bond donors (Lipinski definition) is 1. The minimum absolute atomic E-state index is 0.258. The van der Waals surface area contributed by atoms with Crippen molar-refractivity contribution in [2.24, 2.45) is 0 Å². The van der Waals surface area contributed by atoms with Gasteiger partial charge in [0.25, 0.3) is 0 Å². The number of rotatable bonds is 3. The monoisotopic (exact) mass is 435 g/mol. The second-order valence-electron chi connectivity index (χ2n) is 7.01. The van der Waals surface area contributed by atoms with Gasteiger partial charge in [0.15, 0.2) is 13.9 Å². The fraction of sp³-hybridized carbons (Fsp3) is 0.625. The van der Waals surface area contributed by atoms with Gasteiger partial charge in [-0.05, 0) is 45.5 Å². The summed E-state index contributed by atoms with van der Waals surface area (Å²) in [5.74, 6) is -1.28. The van der Waals surface area contributed by atoms with E-state index in [0.717, 1.165) is 26.2 Å². The highest BCUT2D eigenvalue weighted by Crippen LogP contribution is 2.47. The summed E-state index contributed by atoms with van der Waals surface area (Å²) in [5.41, 5.74) is 1.47. The summed E-state index contributed by atoms with van der Waals surface area (Å²) in [5, 5.41) is -0.904. The number of nitrogens with two attached hydrogens (primary N) is 1. The summed E-state index contributed by atoms with van der Waals surface area (Å²) >= 11 is 11.4. The molecule has 0 saturated carbocycles. The maximum atomic E-state index is 14.2. The van der Waals surface area contributed by atoms with Gasteiger partial charge in [0.05, 0.1) is 10.7 Å². The fourth-order valence-electron chi connectivity index (χ4n) is 2.34. The van der Waals surface area contributed by atoms with Crippen LogP contribution in [0.3, 0.4) is 0 Å². The molecule has 0 amide bonds. The number of anilines is 1. The molecule has 10 heteroatoms. The number of benzene rings is 1.